The summed E-state index contributed by atoms with van der Waals surface area (Å²) in [5.74, 6) is 0.311. The average Bonchev–Trinajstić information content (AvgIpc) is 2.27. The number of nitrogens with zero attached hydrogens (tertiary/aromatic N) is 2. The first-order valence-corrected chi connectivity index (χ1v) is 4.47. The van der Waals surface area contributed by atoms with Gasteiger partial charge in [-0.15, -0.1) is 24.0 Å². The highest BCUT2D eigenvalue weighted by Crippen LogP contribution is 2.12. The van der Waals surface area contributed by atoms with E-state index in [-0.39, 0.29) is 35.7 Å². The summed E-state index contributed by atoms with van der Waals surface area (Å²) in [6.45, 7) is -2.47. The van der Waals surface area contributed by atoms with E-state index < -0.39 is 6.61 Å². The van der Waals surface area contributed by atoms with Crippen molar-refractivity contribution in [2.24, 2.45) is 10.7 Å². The molecule has 0 aliphatic carbocycles. The molecule has 0 amide bonds. The molecule has 1 rings (SSSR count). The summed E-state index contributed by atoms with van der Waals surface area (Å²) >= 11 is 0. The number of rotatable bonds is 4. The standard InChI is InChI=1S/C9H12F2N4O.HI/c1-13-9(12)15-4-6-2-3-7(5-14-6)16-8(10)11;/h2-3,5,8H,4H2,1H3,(H3,12,13,15);1H. The van der Waals surface area contributed by atoms with Crippen molar-refractivity contribution in [3.05, 3.63) is 24.0 Å². The van der Waals surface area contributed by atoms with Crippen molar-refractivity contribution >= 4 is 29.9 Å². The van der Waals surface area contributed by atoms with Gasteiger partial charge in [0.15, 0.2) is 5.96 Å². The van der Waals surface area contributed by atoms with Crippen molar-refractivity contribution in [2.75, 3.05) is 7.05 Å². The summed E-state index contributed by atoms with van der Waals surface area (Å²) in [5.41, 5.74) is 6.05. The van der Waals surface area contributed by atoms with E-state index in [4.69, 9.17) is 5.73 Å². The monoisotopic (exact) mass is 358 g/mol. The van der Waals surface area contributed by atoms with E-state index in [2.05, 4.69) is 20.0 Å². The number of hydrogen-bond acceptors (Lipinski definition) is 3. The number of hydrogen-bond donors (Lipinski definition) is 2. The van der Waals surface area contributed by atoms with E-state index in [1.165, 1.54) is 12.3 Å². The second kappa shape index (κ2) is 7.98. The van der Waals surface area contributed by atoms with Crippen LogP contribution in [-0.2, 0) is 6.54 Å². The van der Waals surface area contributed by atoms with Crippen molar-refractivity contribution in [3.8, 4) is 5.75 Å². The summed E-state index contributed by atoms with van der Waals surface area (Å²) in [4.78, 5) is 7.60. The minimum Gasteiger partial charge on any atom is -0.433 e. The number of ether oxygens (including phenoxy) is 1. The lowest BCUT2D eigenvalue weighted by Gasteiger charge is -2.06. The van der Waals surface area contributed by atoms with E-state index in [1.54, 1.807) is 13.1 Å². The normalized spacial score (nSPS) is 10.9. The van der Waals surface area contributed by atoms with Gasteiger partial charge >= 0.3 is 6.61 Å². The summed E-state index contributed by atoms with van der Waals surface area (Å²) in [6.07, 6.45) is 1.22. The number of aromatic nitrogens is 1. The average molecular weight is 358 g/mol. The minimum absolute atomic E-state index is 0. The Bertz CT molecular complexity index is 359. The second-order valence-electron chi connectivity index (χ2n) is 2.83. The molecule has 0 bridgehead atoms. The molecule has 0 radical (unpaired) electrons. The van der Waals surface area contributed by atoms with Gasteiger partial charge in [-0.3, -0.25) is 9.98 Å². The van der Waals surface area contributed by atoms with E-state index >= 15 is 0 Å². The Morgan fingerprint density at radius 3 is 2.76 bits per heavy atom. The van der Waals surface area contributed by atoms with Crippen LogP contribution in [0.3, 0.4) is 0 Å². The molecule has 1 aromatic heterocycles. The highest BCUT2D eigenvalue weighted by atomic mass is 127. The summed E-state index contributed by atoms with van der Waals surface area (Å²) in [7, 11) is 1.55. The fraction of sp³-hybridized carbons (Fsp3) is 0.333. The SMILES string of the molecule is CN=C(N)NCc1ccc(OC(F)F)cn1.I. The number of pyridine rings is 1. The molecule has 3 N–H and O–H groups in total. The lowest BCUT2D eigenvalue weighted by atomic mass is 10.3. The summed E-state index contributed by atoms with van der Waals surface area (Å²) < 4.78 is 27.8. The second-order valence-corrected chi connectivity index (χ2v) is 2.83. The first kappa shape index (κ1) is 15.8. The fourth-order valence-corrected chi connectivity index (χ4v) is 0.948. The third kappa shape index (κ3) is 6.19. The van der Waals surface area contributed by atoms with Gasteiger partial charge in [0.05, 0.1) is 18.4 Å². The van der Waals surface area contributed by atoms with Crippen LogP contribution in [0.15, 0.2) is 23.3 Å². The quantitative estimate of drug-likeness (QED) is 0.484. The number of guanidine groups is 1. The molecule has 0 aliphatic heterocycles. The molecule has 5 nitrogen and oxygen atoms in total. The van der Waals surface area contributed by atoms with Gasteiger partial charge in [0.1, 0.15) is 5.75 Å². The maximum Gasteiger partial charge on any atom is 0.387 e. The highest BCUT2D eigenvalue weighted by molar-refractivity contribution is 14.0. The molecule has 0 aliphatic rings. The smallest absolute Gasteiger partial charge is 0.387 e. The van der Waals surface area contributed by atoms with Gasteiger partial charge < -0.3 is 15.8 Å². The number of aliphatic imine (C=N–C) groups is 1. The van der Waals surface area contributed by atoms with Crippen LogP contribution in [0.2, 0.25) is 0 Å². The van der Waals surface area contributed by atoms with Crippen LogP contribution < -0.4 is 15.8 Å². The van der Waals surface area contributed by atoms with Gasteiger partial charge in [0, 0.05) is 7.05 Å². The Hall–Kier alpha value is -1.19. The molecule has 1 aromatic rings. The molecule has 96 valence electrons. The predicted molar refractivity (Wildman–Crippen MR) is 70.7 cm³/mol. The van der Waals surface area contributed by atoms with E-state index in [1.807, 2.05) is 0 Å². The first-order valence-electron chi connectivity index (χ1n) is 4.47. The van der Waals surface area contributed by atoms with Gasteiger partial charge in [-0.2, -0.15) is 8.78 Å². The largest absolute Gasteiger partial charge is 0.433 e. The van der Waals surface area contributed by atoms with Crippen molar-refractivity contribution in [2.45, 2.75) is 13.2 Å². The Labute approximate surface area is 114 Å². The molecular formula is C9H13F2IN4O. The molecule has 1 heterocycles. The van der Waals surface area contributed by atoms with Crippen LogP contribution >= 0.6 is 24.0 Å². The Morgan fingerprint density at radius 2 is 2.29 bits per heavy atom. The predicted octanol–water partition coefficient (Wildman–Crippen LogP) is 1.34. The van der Waals surface area contributed by atoms with E-state index in [9.17, 15) is 8.78 Å². The lowest BCUT2D eigenvalue weighted by molar-refractivity contribution is -0.0500. The third-order valence-corrected chi connectivity index (χ3v) is 1.71. The zero-order chi connectivity index (χ0) is 12.0. The zero-order valence-corrected chi connectivity index (χ0v) is 11.4. The zero-order valence-electron chi connectivity index (χ0n) is 9.06. The van der Waals surface area contributed by atoms with Crippen LogP contribution in [0, 0.1) is 0 Å². The highest BCUT2D eigenvalue weighted by Gasteiger charge is 2.04. The molecular weight excluding hydrogens is 345 g/mol. The number of alkyl halides is 2. The Morgan fingerprint density at radius 1 is 1.59 bits per heavy atom. The topological polar surface area (TPSA) is 72.5 Å². The summed E-state index contributed by atoms with van der Waals surface area (Å²) in [6, 6.07) is 2.98. The van der Waals surface area contributed by atoms with Crippen molar-refractivity contribution < 1.29 is 13.5 Å². The van der Waals surface area contributed by atoms with Crippen molar-refractivity contribution in [1.82, 2.24) is 10.3 Å². The molecule has 0 spiro atoms. The van der Waals surface area contributed by atoms with Gasteiger partial charge in [-0.1, -0.05) is 0 Å². The van der Waals surface area contributed by atoms with Gasteiger partial charge in [-0.05, 0) is 12.1 Å². The van der Waals surface area contributed by atoms with Crippen molar-refractivity contribution in [3.63, 3.8) is 0 Å². The molecule has 0 saturated carbocycles. The molecule has 0 atom stereocenters. The Kier molecular flexibility index (Phi) is 7.42. The lowest BCUT2D eigenvalue weighted by Crippen LogP contribution is -2.31. The maximum atomic E-state index is 11.8. The van der Waals surface area contributed by atoms with Gasteiger partial charge in [0.25, 0.3) is 0 Å². The van der Waals surface area contributed by atoms with Crippen molar-refractivity contribution in [1.29, 1.82) is 0 Å². The van der Waals surface area contributed by atoms with Crippen LogP contribution in [0.4, 0.5) is 8.78 Å². The van der Waals surface area contributed by atoms with E-state index in [0.717, 1.165) is 0 Å². The number of nitrogens with two attached hydrogens (primary N) is 1. The molecule has 0 unspecified atom stereocenters. The minimum atomic E-state index is -2.84. The van der Waals surface area contributed by atoms with Gasteiger partial charge in [-0.25, -0.2) is 0 Å². The van der Waals surface area contributed by atoms with E-state index in [0.29, 0.717) is 12.2 Å². The number of halogens is 3. The summed E-state index contributed by atoms with van der Waals surface area (Å²) in [5, 5.41) is 2.79. The van der Waals surface area contributed by atoms with Crippen LogP contribution in [0.1, 0.15) is 5.69 Å². The molecule has 17 heavy (non-hydrogen) atoms. The number of nitrogens with one attached hydrogen (secondary N) is 1. The van der Waals surface area contributed by atoms with Crippen LogP contribution in [0.5, 0.6) is 5.75 Å². The Balaban J connectivity index is 0.00000256. The maximum absolute atomic E-state index is 11.8. The first-order chi connectivity index (χ1) is 7.61. The van der Waals surface area contributed by atoms with Gasteiger partial charge in [0.2, 0.25) is 0 Å². The molecule has 0 saturated heterocycles. The third-order valence-electron chi connectivity index (χ3n) is 1.71. The molecule has 0 fully saturated rings. The fourth-order valence-electron chi connectivity index (χ4n) is 0.948. The van der Waals surface area contributed by atoms with Crippen LogP contribution in [0.25, 0.3) is 0 Å². The molecule has 8 heteroatoms. The molecule has 0 aromatic carbocycles. The van der Waals surface area contributed by atoms with Crippen LogP contribution in [-0.4, -0.2) is 24.6 Å².